The highest BCUT2D eigenvalue weighted by atomic mass is 16.5. The van der Waals surface area contributed by atoms with Crippen molar-refractivity contribution in [1.29, 1.82) is 0 Å². The van der Waals surface area contributed by atoms with Crippen LogP contribution in [0, 0.1) is 17.3 Å². The Hall–Kier alpha value is -1.05. The average molecular weight is 192 g/mol. The van der Waals surface area contributed by atoms with E-state index in [2.05, 4.69) is 32.1 Å². The van der Waals surface area contributed by atoms with E-state index in [1.54, 1.807) is 0 Å². The molecule has 76 valence electrons. The monoisotopic (exact) mass is 192 g/mol. The summed E-state index contributed by atoms with van der Waals surface area (Å²) in [4.78, 5) is 11.0. The van der Waals surface area contributed by atoms with Gasteiger partial charge in [-0.2, -0.15) is 0 Å². The van der Waals surface area contributed by atoms with E-state index in [0.29, 0.717) is 11.8 Å². The zero-order chi connectivity index (χ0) is 10.3. The molecule has 0 aromatic heterocycles. The number of hydrogen-bond acceptors (Lipinski definition) is 2. The highest BCUT2D eigenvalue weighted by molar-refractivity contribution is 5.67. The molecule has 0 aliphatic heterocycles. The molecule has 0 spiro atoms. The highest BCUT2D eigenvalue weighted by Gasteiger charge is 2.41. The van der Waals surface area contributed by atoms with Crippen LogP contribution < -0.4 is 0 Å². The van der Waals surface area contributed by atoms with Crippen molar-refractivity contribution in [3.63, 3.8) is 0 Å². The van der Waals surface area contributed by atoms with E-state index in [1.807, 2.05) is 0 Å². The molecule has 0 N–H and O–H groups in total. The van der Waals surface area contributed by atoms with Gasteiger partial charge >= 0.3 is 5.97 Å². The van der Waals surface area contributed by atoms with Crippen molar-refractivity contribution in [3.8, 4) is 0 Å². The third kappa shape index (κ3) is 1.39. The predicted octanol–water partition coefficient (Wildman–Crippen LogP) is 2.67. The molecule has 0 amide bonds. The van der Waals surface area contributed by atoms with E-state index in [0.717, 1.165) is 12.2 Å². The molecule has 2 heteroatoms. The average Bonchev–Trinajstić information content (AvgIpc) is 2.46. The molecule has 2 aliphatic rings. The Morgan fingerprint density at radius 1 is 1.50 bits per heavy atom. The van der Waals surface area contributed by atoms with Crippen molar-refractivity contribution < 1.29 is 9.53 Å². The lowest BCUT2D eigenvalue weighted by atomic mass is 9.72. The van der Waals surface area contributed by atoms with Gasteiger partial charge in [0.05, 0.1) is 0 Å². The summed E-state index contributed by atoms with van der Waals surface area (Å²) >= 11 is 0. The van der Waals surface area contributed by atoms with Gasteiger partial charge in [0.15, 0.2) is 0 Å². The SMILES string of the molecule is CC(=O)OC1=C[C@@H]2C=C[C@@H](C2)C1(C)C. The van der Waals surface area contributed by atoms with E-state index in [4.69, 9.17) is 4.74 Å². The van der Waals surface area contributed by atoms with Gasteiger partial charge in [-0.25, -0.2) is 0 Å². The number of ether oxygens (including phenoxy) is 1. The van der Waals surface area contributed by atoms with Gasteiger partial charge in [-0.05, 0) is 24.3 Å². The van der Waals surface area contributed by atoms with Crippen LogP contribution in [0.15, 0.2) is 24.0 Å². The van der Waals surface area contributed by atoms with E-state index < -0.39 is 0 Å². The lowest BCUT2D eigenvalue weighted by Gasteiger charge is -2.36. The van der Waals surface area contributed by atoms with Crippen LogP contribution in [0.25, 0.3) is 0 Å². The minimum absolute atomic E-state index is 0.0326. The van der Waals surface area contributed by atoms with Gasteiger partial charge in [0.2, 0.25) is 0 Å². The zero-order valence-corrected chi connectivity index (χ0v) is 8.91. The third-order valence-electron chi connectivity index (χ3n) is 3.30. The van der Waals surface area contributed by atoms with Crippen LogP contribution in [-0.4, -0.2) is 5.97 Å². The van der Waals surface area contributed by atoms with Crippen molar-refractivity contribution in [3.05, 3.63) is 24.0 Å². The first-order valence-electron chi connectivity index (χ1n) is 5.09. The van der Waals surface area contributed by atoms with Crippen molar-refractivity contribution in [2.24, 2.45) is 17.3 Å². The van der Waals surface area contributed by atoms with Gasteiger partial charge in [0.1, 0.15) is 5.76 Å². The minimum Gasteiger partial charge on any atom is -0.431 e. The molecule has 0 radical (unpaired) electrons. The lowest BCUT2D eigenvalue weighted by Crippen LogP contribution is -2.30. The van der Waals surface area contributed by atoms with Crippen LogP contribution in [0.1, 0.15) is 27.2 Å². The molecule has 14 heavy (non-hydrogen) atoms. The molecule has 0 fully saturated rings. The maximum atomic E-state index is 11.0. The molecule has 0 heterocycles. The fourth-order valence-electron chi connectivity index (χ4n) is 2.30. The van der Waals surface area contributed by atoms with Crippen LogP contribution in [0.2, 0.25) is 0 Å². The number of fused-ring (bicyclic) bond motifs is 2. The number of esters is 1. The largest absolute Gasteiger partial charge is 0.431 e. The van der Waals surface area contributed by atoms with Crippen molar-refractivity contribution in [1.82, 2.24) is 0 Å². The van der Waals surface area contributed by atoms with E-state index >= 15 is 0 Å². The molecular weight excluding hydrogens is 176 g/mol. The topological polar surface area (TPSA) is 26.3 Å². The maximum Gasteiger partial charge on any atom is 0.307 e. The van der Waals surface area contributed by atoms with Gasteiger partial charge < -0.3 is 4.74 Å². The molecule has 2 atom stereocenters. The van der Waals surface area contributed by atoms with Crippen molar-refractivity contribution in [2.75, 3.05) is 0 Å². The smallest absolute Gasteiger partial charge is 0.307 e. The van der Waals surface area contributed by atoms with Crippen LogP contribution >= 0.6 is 0 Å². The molecule has 2 aliphatic carbocycles. The molecule has 0 aromatic rings. The van der Waals surface area contributed by atoms with Gasteiger partial charge in [0, 0.05) is 12.3 Å². The third-order valence-corrected chi connectivity index (χ3v) is 3.30. The van der Waals surface area contributed by atoms with Crippen LogP contribution in [0.3, 0.4) is 0 Å². The summed E-state index contributed by atoms with van der Waals surface area (Å²) in [5.41, 5.74) is -0.0326. The van der Waals surface area contributed by atoms with E-state index in [1.165, 1.54) is 6.92 Å². The number of carbonyl (C=O) groups is 1. The Kier molecular flexibility index (Phi) is 2.02. The standard InChI is InChI=1S/C12H16O2/c1-8(13)14-11-7-9-4-5-10(6-9)12(11,2)3/h4-5,7,9-10H,6H2,1-3H3/t9-,10+/m1/s1. The Labute approximate surface area is 84.6 Å². The first-order chi connectivity index (χ1) is 6.50. The van der Waals surface area contributed by atoms with Crippen molar-refractivity contribution in [2.45, 2.75) is 27.2 Å². The Morgan fingerprint density at radius 2 is 2.21 bits per heavy atom. The summed E-state index contributed by atoms with van der Waals surface area (Å²) < 4.78 is 5.27. The molecule has 0 aromatic carbocycles. The van der Waals surface area contributed by atoms with Gasteiger partial charge in [0.25, 0.3) is 0 Å². The van der Waals surface area contributed by atoms with Gasteiger partial charge in [-0.15, -0.1) is 0 Å². The normalized spacial score (nSPS) is 32.6. The number of carbonyl (C=O) groups excluding carboxylic acids is 1. The molecular formula is C12H16O2. The van der Waals surface area contributed by atoms with E-state index in [-0.39, 0.29) is 11.4 Å². The summed E-state index contributed by atoms with van der Waals surface area (Å²) in [6, 6.07) is 0. The molecule has 0 saturated heterocycles. The lowest BCUT2D eigenvalue weighted by molar-refractivity contribution is -0.139. The number of hydrogen-bond donors (Lipinski definition) is 0. The molecule has 0 saturated carbocycles. The molecule has 0 unspecified atom stereocenters. The van der Waals surface area contributed by atoms with Crippen LogP contribution in [0.4, 0.5) is 0 Å². The summed E-state index contributed by atoms with van der Waals surface area (Å²) in [5, 5.41) is 0. The first kappa shape index (κ1) is 9.50. The minimum atomic E-state index is -0.217. The van der Waals surface area contributed by atoms with E-state index in [9.17, 15) is 4.79 Å². The van der Waals surface area contributed by atoms with Crippen LogP contribution in [0.5, 0.6) is 0 Å². The summed E-state index contributed by atoms with van der Waals surface area (Å²) in [6.45, 7) is 5.73. The summed E-state index contributed by atoms with van der Waals surface area (Å²) in [5.74, 6) is 1.62. The number of rotatable bonds is 1. The number of allylic oxidation sites excluding steroid dienone is 4. The fraction of sp³-hybridized carbons (Fsp3) is 0.583. The highest BCUT2D eigenvalue weighted by Crippen LogP contribution is 2.48. The second-order valence-electron chi connectivity index (χ2n) is 4.74. The molecule has 2 bridgehead atoms. The quantitative estimate of drug-likeness (QED) is 0.471. The van der Waals surface area contributed by atoms with Crippen molar-refractivity contribution >= 4 is 5.97 Å². The Morgan fingerprint density at radius 3 is 2.86 bits per heavy atom. The second kappa shape index (κ2) is 2.97. The molecule has 2 nitrogen and oxygen atoms in total. The summed E-state index contributed by atoms with van der Waals surface area (Å²) in [7, 11) is 0. The van der Waals surface area contributed by atoms with Crippen LogP contribution in [-0.2, 0) is 9.53 Å². The zero-order valence-electron chi connectivity index (χ0n) is 8.91. The second-order valence-corrected chi connectivity index (χ2v) is 4.74. The first-order valence-corrected chi connectivity index (χ1v) is 5.09. The van der Waals surface area contributed by atoms with Gasteiger partial charge in [-0.1, -0.05) is 26.0 Å². The summed E-state index contributed by atoms with van der Waals surface area (Å²) in [6.07, 6.45) is 7.71. The van der Waals surface area contributed by atoms with Gasteiger partial charge in [-0.3, -0.25) is 4.79 Å². The Bertz CT molecular complexity index is 323. The fourth-order valence-corrected chi connectivity index (χ4v) is 2.30. The molecule has 2 rings (SSSR count). The Balaban J connectivity index is 2.28. The predicted molar refractivity (Wildman–Crippen MR) is 54.4 cm³/mol. The maximum absolute atomic E-state index is 11.0.